The highest BCUT2D eigenvalue weighted by Crippen LogP contribution is 2.19. The lowest BCUT2D eigenvalue weighted by molar-refractivity contribution is -0.132. The fraction of sp³-hybridized carbons (Fsp3) is 0.350. The molecule has 2 aromatic carbocycles. The van der Waals surface area contributed by atoms with E-state index in [4.69, 9.17) is 0 Å². The van der Waals surface area contributed by atoms with Gasteiger partial charge in [-0.1, -0.05) is 36.4 Å². The topological polar surface area (TPSA) is 23.6 Å². The second-order valence-electron chi connectivity index (χ2n) is 6.33. The van der Waals surface area contributed by atoms with Crippen LogP contribution >= 0.6 is 0 Å². The number of hydrogen-bond acceptors (Lipinski definition) is 2. The summed E-state index contributed by atoms with van der Waals surface area (Å²) in [6.07, 6.45) is 0. The van der Waals surface area contributed by atoms with Gasteiger partial charge in [-0.2, -0.15) is 0 Å². The lowest BCUT2D eigenvalue weighted by Crippen LogP contribution is -2.37. The summed E-state index contributed by atoms with van der Waals surface area (Å²) in [4.78, 5) is 16.2. The van der Waals surface area contributed by atoms with E-state index in [-0.39, 0.29) is 17.8 Å². The first-order valence-electron chi connectivity index (χ1n) is 8.12. The second kappa shape index (κ2) is 8.06. The number of nitrogens with zero attached hydrogens (tertiary/aromatic N) is 2. The molecule has 2 rings (SSSR count). The van der Waals surface area contributed by atoms with Crippen molar-refractivity contribution in [3.05, 3.63) is 71.0 Å². The van der Waals surface area contributed by atoms with Gasteiger partial charge < -0.3 is 4.90 Å². The van der Waals surface area contributed by atoms with Crippen LogP contribution in [-0.2, 0) is 11.3 Å². The van der Waals surface area contributed by atoms with E-state index in [1.807, 2.05) is 31.0 Å². The van der Waals surface area contributed by atoms with Crippen molar-refractivity contribution in [3.8, 4) is 0 Å². The zero-order valence-corrected chi connectivity index (χ0v) is 14.8. The van der Waals surface area contributed by atoms with Crippen molar-refractivity contribution in [2.75, 3.05) is 20.6 Å². The van der Waals surface area contributed by atoms with Crippen LogP contribution in [0.4, 0.5) is 4.39 Å². The Morgan fingerprint density at radius 1 is 1.08 bits per heavy atom. The van der Waals surface area contributed by atoms with Crippen LogP contribution in [0.15, 0.2) is 48.5 Å². The SMILES string of the molecule is Cc1ccccc1CN(C)CC(=O)N(C)C(C)c1ccc(F)cc1. The van der Waals surface area contributed by atoms with Gasteiger partial charge in [-0.05, 0) is 49.7 Å². The van der Waals surface area contributed by atoms with Crippen LogP contribution in [0.25, 0.3) is 0 Å². The quantitative estimate of drug-likeness (QED) is 0.805. The summed E-state index contributed by atoms with van der Waals surface area (Å²) in [5.74, 6) is -0.221. The van der Waals surface area contributed by atoms with E-state index in [2.05, 4.69) is 19.1 Å². The van der Waals surface area contributed by atoms with E-state index in [1.54, 1.807) is 24.1 Å². The second-order valence-corrected chi connectivity index (χ2v) is 6.33. The normalized spacial score (nSPS) is 12.2. The van der Waals surface area contributed by atoms with Gasteiger partial charge in [0.2, 0.25) is 5.91 Å². The molecule has 3 nitrogen and oxygen atoms in total. The highest BCUT2D eigenvalue weighted by molar-refractivity contribution is 5.78. The zero-order valence-electron chi connectivity index (χ0n) is 14.8. The molecule has 0 radical (unpaired) electrons. The summed E-state index contributed by atoms with van der Waals surface area (Å²) in [6.45, 7) is 5.10. The number of halogens is 1. The zero-order chi connectivity index (χ0) is 17.7. The van der Waals surface area contributed by atoms with Crippen LogP contribution < -0.4 is 0 Å². The molecular weight excluding hydrogens is 303 g/mol. The highest BCUT2D eigenvalue weighted by atomic mass is 19.1. The van der Waals surface area contributed by atoms with E-state index >= 15 is 0 Å². The van der Waals surface area contributed by atoms with Crippen molar-refractivity contribution in [2.45, 2.75) is 26.4 Å². The molecule has 0 N–H and O–H groups in total. The molecule has 0 aliphatic rings. The predicted octanol–water partition coefficient (Wildman–Crippen LogP) is 3.79. The van der Waals surface area contributed by atoms with Crippen LogP contribution in [0.5, 0.6) is 0 Å². The number of amides is 1. The molecule has 0 aromatic heterocycles. The van der Waals surface area contributed by atoms with Crippen LogP contribution in [-0.4, -0.2) is 36.3 Å². The Bertz CT molecular complexity index is 684. The summed E-state index contributed by atoms with van der Waals surface area (Å²) < 4.78 is 13.0. The molecule has 4 heteroatoms. The van der Waals surface area contributed by atoms with E-state index in [0.29, 0.717) is 6.54 Å². The average molecular weight is 328 g/mol. The molecule has 0 bridgehead atoms. The molecule has 0 aliphatic heterocycles. The van der Waals surface area contributed by atoms with Crippen molar-refractivity contribution < 1.29 is 9.18 Å². The number of carbonyl (C=O) groups is 1. The summed E-state index contributed by atoms with van der Waals surface area (Å²) in [5.41, 5.74) is 3.38. The van der Waals surface area contributed by atoms with Crippen LogP contribution in [0, 0.1) is 12.7 Å². The first-order chi connectivity index (χ1) is 11.4. The lowest BCUT2D eigenvalue weighted by Gasteiger charge is -2.28. The van der Waals surface area contributed by atoms with Gasteiger partial charge in [-0.3, -0.25) is 9.69 Å². The minimum absolute atomic E-state index is 0.0444. The molecule has 128 valence electrons. The largest absolute Gasteiger partial charge is 0.338 e. The summed E-state index contributed by atoms with van der Waals surface area (Å²) in [5, 5.41) is 0. The minimum atomic E-state index is -0.266. The molecule has 2 aromatic rings. The summed E-state index contributed by atoms with van der Waals surface area (Å²) in [7, 11) is 3.73. The number of rotatable bonds is 6. The Morgan fingerprint density at radius 3 is 2.33 bits per heavy atom. The number of hydrogen-bond donors (Lipinski definition) is 0. The first kappa shape index (κ1) is 18.1. The molecule has 0 saturated carbocycles. The van der Waals surface area contributed by atoms with Gasteiger partial charge in [-0.15, -0.1) is 0 Å². The fourth-order valence-corrected chi connectivity index (χ4v) is 2.66. The van der Waals surface area contributed by atoms with Crippen molar-refractivity contribution >= 4 is 5.91 Å². The molecule has 0 fully saturated rings. The standard InChI is InChI=1S/C20H25FN2O/c1-15-7-5-6-8-18(15)13-22(3)14-20(24)23(4)16(2)17-9-11-19(21)12-10-17/h5-12,16H,13-14H2,1-4H3. The molecule has 1 atom stereocenters. The third-order valence-corrected chi connectivity index (χ3v) is 4.43. The maximum Gasteiger partial charge on any atom is 0.236 e. The van der Waals surface area contributed by atoms with Crippen LogP contribution in [0.2, 0.25) is 0 Å². The maximum atomic E-state index is 13.0. The molecule has 0 saturated heterocycles. The molecule has 0 aliphatic carbocycles. The third kappa shape index (κ3) is 4.65. The van der Waals surface area contributed by atoms with E-state index < -0.39 is 0 Å². The summed E-state index contributed by atoms with van der Waals surface area (Å²) in [6, 6.07) is 14.4. The minimum Gasteiger partial charge on any atom is -0.338 e. The van der Waals surface area contributed by atoms with Crippen molar-refractivity contribution in [2.24, 2.45) is 0 Å². The van der Waals surface area contributed by atoms with Crippen molar-refractivity contribution in [3.63, 3.8) is 0 Å². The Hall–Kier alpha value is -2.20. The number of aryl methyl sites for hydroxylation is 1. The smallest absolute Gasteiger partial charge is 0.236 e. The fourth-order valence-electron chi connectivity index (χ4n) is 2.66. The molecule has 1 unspecified atom stereocenters. The predicted molar refractivity (Wildman–Crippen MR) is 95.1 cm³/mol. The van der Waals surface area contributed by atoms with Crippen LogP contribution in [0.1, 0.15) is 29.7 Å². The van der Waals surface area contributed by atoms with Gasteiger partial charge in [0, 0.05) is 13.6 Å². The molecule has 1 amide bonds. The average Bonchev–Trinajstić information content (AvgIpc) is 2.56. The van der Waals surface area contributed by atoms with Gasteiger partial charge in [0.05, 0.1) is 12.6 Å². The molecule has 24 heavy (non-hydrogen) atoms. The highest BCUT2D eigenvalue weighted by Gasteiger charge is 2.19. The van der Waals surface area contributed by atoms with Crippen molar-refractivity contribution in [1.29, 1.82) is 0 Å². The Balaban J connectivity index is 1.95. The monoisotopic (exact) mass is 328 g/mol. The number of benzene rings is 2. The van der Waals surface area contributed by atoms with E-state index in [9.17, 15) is 9.18 Å². The first-order valence-corrected chi connectivity index (χ1v) is 8.12. The summed E-state index contributed by atoms with van der Waals surface area (Å²) >= 11 is 0. The molecular formula is C20H25FN2O. The molecule has 0 spiro atoms. The van der Waals surface area contributed by atoms with Gasteiger partial charge in [-0.25, -0.2) is 4.39 Å². The Morgan fingerprint density at radius 2 is 1.71 bits per heavy atom. The Labute approximate surface area is 143 Å². The number of likely N-dealkylation sites (N-methyl/N-ethyl adjacent to an activating group) is 2. The molecule has 0 heterocycles. The van der Waals surface area contributed by atoms with Gasteiger partial charge >= 0.3 is 0 Å². The van der Waals surface area contributed by atoms with Crippen molar-refractivity contribution in [1.82, 2.24) is 9.80 Å². The van der Waals surface area contributed by atoms with Crippen LogP contribution in [0.3, 0.4) is 0 Å². The maximum absolute atomic E-state index is 13.0. The third-order valence-electron chi connectivity index (χ3n) is 4.43. The van der Waals surface area contributed by atoms with Gasteiger partial charge in [0.25, 0.3) is 0 Å². The van der Waals surface area contributed by atoms with Gasteiger partial charge in [0.1, 0.15) is 5.82 Å². The van der Waals surface area contributed by atoms with Gasteiger partial charge in [0.15, 0.2) is 0 Å². The van der Waals surface area contributed by atoms with E-state index in [0.717, 1.165) is 12.1 Å². The lowest BCUT2D eigenvalue weighted by atomic mass is 10.1. The number of carbonyl (C=O) groups excluding carboxylic acids is 1. The van der Waals surface area contributed by atoms with E-state index in [1.165, 1.54) is 23.3 Å². The Kier molecular flexibility index (Phi) is 6.10.